The molecule has 2 aromatic carbocycles. The number of nitrogens with zero attached hydrogens (tertiary/aromatic N) is 2. The molecule has 5 heteroatoms. The first-order chi connectivity index (χ1) is 15.6. The lowest BCUT2D eigenvalue weighted by atomic mass is 9.89. The fraction of sp³-hybridized carbons (Fsp3) is 0.481. The molecule has 2 saturated heterocycles. The number of carbonyl (C=O) groups excluding carboxylic acids is 2. The van der Waals surface area contributed by atoms with Gasteiger partial charge in [0.1, 0.15) is 5.82 Å². The lowest BCUT2D eigenvalue weighted by molar-refractivity contribution is -0.132. The van der Waals surface area contributed by atoms with Crippen LogP contribution in [0.5, 0.6) is 0 Å². The normalized spacial score (nSPS) is 17.0. The first-order valence-electron chi connectivity index (χ1n) is 11.9. The molecule has 2 fully saturated rings. The van der Waals surface area contributed by atoms with Gasteiger partial charge in [0.05, 0.1) is 6.42 Å². The van der Waals surface area contributed by atoms with Crippen LogP contribution >= 0.6 is 0 Å². The summed E-state index contributed by atoms with van der Waals surface area (Å²) in [5.74, 6) is 0.654. The van der Waals surface area contributed by atoms with Crippen molar-refractivity contribution in [2.24, 2.45) is 5.92 Å². The van der Waals surface area contributed by atoms with Gasteiger partial charge in [-0.05, 0) is 73.3 Å². The summed E-state index contributed by atoms with van der Waals surface area (Å²) in [5.41, 5.74) is 3.28. The number of hydrogen-bond acceptors (Lipinski definition) is 2. The first kappa shape index (κ1) is 22.5. The van der Waals surface area contributed by atoms with Crippen molar-refractivity contribution in [3.05, 3.63) is 71.0 Å². The van der Waals surface area contributed by atoms with E-state index in [0.29, 0.717) is 12.3 Å². The van der Waals surface area contributed by atoms with Crippen molar-refractivity contribution in [3.8, 4) is 0 Å². The summed E-state index contributed by atoms with van der Waals surface area (Å²) in [7, 11) is 0. The van der Waals surface area contributed by atoms with E-state index < -0.39 is 0 Å². The Balaban J connectivity index is 1.19. The van der Waals surface area contributed by atoms with E-state index in [1.165, 1.54) is 23.3 Å². The van der Waals surface area contributed by atoms with Gasteiger partial charge in [-0.15, -0.1) is 0 Å². The molecule has 4 nitrogen and oxygen atoms in total. The average molecular weight is 437 g/mol. The number of rotatable bonds is 7. The molecule has 4 rings (SSSR count). The first-order valence-corrected chi connectivity index (χ1v) is 11.9. The molecule has 0 aliphatic carbocycles. The van der Waals surface area contributed by atoms with E-state index in [2.05, 4.69) is 24.3 Å². The summed E-state index contributed by atoms with van der Waals surface area (Å²) in [6.45, 7) is 3.39. The third-order valence-corrected chi connectivity index (χ3v) is 6.85. The van der Waals surface area contributed by atoms with Gasteiger partial charge in [-0.3, -0.25) is 9.59 Å². The van der Waals surface area contributed by atoms with Crippen molar-refractivity contribution in [2.45, 2.75) is 51.4 Å². The molecule has 0 radical (unpaired) electrons. The molecule has 2 heterocycles. The number of likely N-dealkylation sites (tertiary alicyclic amines) is 2. The predicted molar refractivity (Wildman–Crippen MR) is 124 cm³/mol. The van der Waals surface area contributed by atoms with Crippen LogP contribution < -0.4 is 0 Å². The smallest absolute Gasteiger partial charge is 0.226 e. The fourth-order valence-electron chi connectivity index (χ4n) is 4.87. The quantitative estimate of drug-likeness (QED) is 0.645. The highest BCUT2D eigenvalue weighted by Crippen LogP contribution is 2.23. The van der Waals surface area contributed by atoms with Crippen LogP contribution in [0.2, 0.25) is 0 Å². The van der Waals surface area contributed by atoms with Crippen LogP contribution in [0.3, 0.4) is 0 Å². The molecule has 170 valence electrons. The Morgan fingerprint density at radius 1 is 0.812 bits per heavy atom. The Labute approximate surface area is 190 Å². The minimum Gasteiger partial charge on any atom is -0.343 e. The van der Waals surface area contributed by atoms with E-state index in [1.807, 2.05) is 9.80 Å². The number of piperidine rings is 1. The maximum Gasteiger partial charge on any atom is 0.226 e. The van der Waals surface area contributed by atoms with Crippen LogP contribution in [0.15, 0.2) is 48.5 Å². The molecule has 2 aromatic rings. The SMILES string of the molecule is O=C(CCc1ccc(CC2CCN(C(=O)Cc3cccc(F)c3)CC2)cc1)N1CCCC1. The largest absolute Gasteiger partial charge is 0.343 e. The van der Waals surface area contributed by atoms with Crippen LogP contribution in [0, 0.1) is 11.7 Å². The molecule has 0 N–H and O–H groups in total. The standard InChI is InChI=1S/C27H33FN2O2/c28-25-5-3-4-24(19-25)20-27(32)30-16-12-23(13-17-30)18-22-8-6-21(7-9-22)10-11-26(31)29-14-1-2-15-29/h3-9,19,23H,1-2,10-18,20H2. The zero-order chi connectivity index (χ0) is 22.3. The molecular formula is C27H33FN2O2. The van der Waals surface area contributed by atoms with Gasteiger partial charge in [0.2, 0.25) is 11.8 Å². The summed E-state index contributed by atoms with van der Waals surface area (Å²) >= 11 is 0. The zero-order valence-electron chi connectivity index (χ0n) is 18.8. The Morgan fingerprint density at radius 3 is 2.16 bits per heavy atom. The Bertz CT molecular complexity index is 914. The highest BCUT2D eigenvalue weighted by Gasteiger charge is 2.23. The lowest BCUT2D eigenvalue weighted by Gasteiger charge is -2.32. The van der Waals surface area contributed by atoms with Crippen LogP contribution in [-0.2, 0) is 28.9 Å². The van der Waals surface area contributed by atoms with Crippen LogP contribution in [0.1, 0.15) is 48.8 Å². The summed E-state index contributed by atoms with van der Waals surface area (Å²) in [5, 5.41) is 0. The van der Waals surface area contributed by atoms with Crippen molar-refractivity contribution in [3.63, 3.8) is 0 Å². The summed E-state index contributed by atoms with van der Waals surface area (Å²) in [4.78, 5) is 28.7. The van der Waals surface area contributed by atoms with Gasteiger partial charge in [-0.2, -0.15) is 0 Å². The maximum absolute atomic E-state index is 13.3. The molecule has 2 aliphatic heterocycles. The molecule has 0 saturated carbocycles. The predicted octanol–water partition coefficient (Wildman–Crippen LogP) is 4.40. The Kier molecular flexibility index (Phi) is 7.56. The molecule has 0 atom stereocenters. The molecule has 2 amide bonds. The van der Waals surface area contributed by atoms with Gasteiger partial charge in [-0.25, -0.2) is 4.39 Å². The third-order valence-electron chi connectivity index (χ3n) is 6.85. The van der Waals surface area contributed by atoms with Gasteiger partial charge < -0.3 is 9.80 Å². The summed E-state index contributed by atoms with van der Waals surface area (Å²) in [6, 6.07) is 15.0. The van der Waals surface area contributed by atoms with Gasteiger partial charge in [0, 0.05) is 32.6 Å². The Morgan fingerprint density at radius 2 is 1.47 bits per heavy atom. The molecule has 0 spiro atoms. The van der Waals surface area contributed by atoms with Gasteiger partial charge in [-0.1, -0.05) is 36.4 Å². The topological polar surface area (TPSA) is 40.6 Å². The third kappa shape index (κ3) is 6.18. The Hall–Kier alpha value is -2.69. The number of amides is 2. The van der Waals surface area contributed by atoms with E-state index in [-0.39, 0.29) is 24.1 Å². The zero-order valence-corrected chi connectivity index (χ0v) is 18.8. The van der Waals surface area contributed by atoms with Crippen molar-refractivity contribution >= 4 is 11.8 Å². The second-order valence-electron chi connectivity index (χ2n) is 9.24. The molecule has 2 aliphatic rings. The van der Waals surface area contributed by atoms with E-state index in [0.717, 1.165) is 70.3 Å². The number of carbonyl (C=O) groups is 2. The van der Waals surface area contributed by atoms with Gasteiger partial charge in [0.25, 0.3) is 0 Å². The summed E-state index contributed by atoms with van der Waals surface area (Å²) in [6.07, 6.45) is 6.98. The van der Waals surface area contributed by atoms with Crippen LogP contribution in [-0.4, -0.2) is 47.8 Å². The number of halogens is 1. The highest BCUT2D eigenvalue weighted by atomic mass is 19.1. The fourth-order valence-corrected chi connectivity index (χ4v) is 4.87. The molecule has 0 bridgehead atoms. The second-order valence-corrected chi connectivity index (χ2v) is 9.24. The van der Waals surface area contributed by atoms with Crippen molar-refractivity contribution in [2.75, 3.05) is 26.2 Å². The monoisotopic (exact) mass is 436 g/mol. The average Bonchev–Trinajstić information content (AvgIpc) is 3.34. The van der Waals surface area contributed by atoms with E-state index in [1.54, 1.807) is 12.1 Å². The van der Waals surface area contributed by atoms with Crippen LogP contribution in [0.4, 0.5) is 4.39 Å². The van der Waals surface area contributed by atoms with Crippen molar-refractivity contribution in [1.29, 1.82) is 0 Å². The molecular weight excluding hydrogens is 403 g/mol. The van der Waals surface area contributed by atoms with E-state index in [9.17, 15) is 14.0 Å². The summed E-state index contributed by atoms with van der Waals surface area (Å²) < 4.78 is 13.3. The van der Waals surface area contributed by atoms with Crippen molar-refractivity contribution < 1.29 is 14.0 Å². The highest BCUT2D eigenvalue weighted by molar-refractivity contribution is 5.79. The lowest BCUT2D eigenvalue weighted by Crippen LogP contribution is -2.39. The van der Waals surface area contributed by atoms with Gasteiger partial charge in [0.15, 0.2) is 0 Å². The van der Waals surface area contributed by atoms with Gasteiger partial charge >= 0.3 is 0 Å². The van der Waals surface area contributed by atoms with E-state index >= 15 is 0 Å². The minimum absolute atomic E-state index is 0.0851. The number of aryl methyl sites for hydroxylation is 1. The molecule has 0 unspecified atom stereocenters. The molecule has 32 heavy (non-hydrogen) atoms. The molecule has 0 aromatic heterocycles. The van der Waals surface area contributed by atoms with E-state index in [4.69, 9.17) is 0 Å². The van der Waals surface area contributed by atoms with Crippen LogP contribution in [0.25, 0.3) is 0 Å². The minimum atomic E-state index is -0.293. The number of hydrogen-bond donors (Lipinski definition) is 0. The second kappa shape index (κ2) is 10.8. The van der Waals surface area contributed by atoms with Crippen molar-refractivity contribution in [1.82, 2.24) is 9.80 Å². The maximum atomic E-state index is 13.3. The number of benzene rings is 2.